The third-order valence-corrected chi connectivity index (χ3v) is 7.72. The number of urea groups is 1. The monoisotopic (exact) mass is 549 g/mol. The van der Waals surface area contributed by atoms with Crippen LogP contribution in [0.15, 0.2) is 54.6 Å². The number of hydrogen-bond acceptors (Lipinski definition) is 3. The third-order valence-electron chi connectivity index (χ3n) is 7.72. The van der Waals surface area contributed by atoms with E-state index in [4.69, 9.17) is 0 Å². The predicted octanol–water partition coefficient (Wildman–Crippen LogP) is 7.05. The fourth-order valence-electron chi connectivity index (χ4n) is 5.29. The van der Waals surface area contributed by atoms with E-state index in [1.54, 1.807) is 0 Å². The molecule has 210 valence electrons. The van der Waals surface area contributed by atoms with E-state index < -0.39 is 35.1 Å². The molecule has 1 saturated carbocycles. The normalized spacial score (nSPS) is 15.1. The molecule has 0 aliphatic heterocycles. The number of nitrogens with one attached hydrogen (secondary N) is 3. The summed E-state index contributed by atoms with van der Waals surface area (Å²) < 4.78 is 27.5. The summed E-state index contributed by atoms with van der Waals surface area (Å²) in [6.07, 6.45) is 4.16. The molecule has 0 heterocycles. The van der Waals surface area contributed by atoms with Crippen LogP contribution in [-0.2, 0) is 4.79 Å². The van der Waals surface area contributed by atoms with E-state index in [1.807, 2.05) is 32.0 Å². The lowest BCUT2D eigenvalue weighted by Gasteiger charge is -2.37. The van der Waals surface area contributed by atoms with Crippen LogP contribution in [0.25, 0.3) is 11.1 Å². The van der Waals surface area contributed by atoms with Crippen molar-refractivity contribution >= 4 is 29.3 Å². The number of rotatable bonds is 7. The van der Waals surface area contributed by atoms with Crippen LogP contribution in [0.2, 0.25) is 0 Å². The molecule has 7 nitrogen and oxygen atoms in total. The van der Waals surface area contributed by atoms with E-state index in [9.17, 15) is 28.3 Å². The summed E-state index contributed by atoms with van der Waals surface area (Å²) in [6, 6.07) is 12.8. The number of amides is 3. The van der Waals surface area contributed by atoms with Crippen molar-refractivity contribution in [1.82, 2.24) is 5.32 Å². The van der Waals surface area contributed by atoms with Gasteiger partial charge < -0.3 is 21.1 Å². The molecule has 4 rings (SSSR count). The first kappa shape index (κ1) is 28.7. The number of aryl methyl sites for hydroxylation is 2. The number of carboxylic acid groups (broad SMARTS) is 1. The first-order valence-electron chi connectivity index (χ1n) is 13.3. The molecule has 1 aliphatic rings. The first-order chi connectivity index (χ1) is 19.0. The van der Waals surface area contributed by atoms with Crippen LogP contribution >= 0.6 is 0 Å². The van der Waals surface area contributed by atoms with Gasteiger partial charge in [-0.05, 0) is 86.1 Å². The Morgan fingerprint density at radius 1 is 0.850 bits per heavy atom. The van der Waals surface area contributed by atoms with E-state index in [1.165, 1.54) is 31.2 Å². The van der Waals surface area contributed by atoms with Crippen molar-refractivity contribution in [2.75, 3.05) is 10.6 Å². The van der Waals surface area contributed by atoms with Gasteiger partial charge in [-0.25, -0.2) is 18.4 Å². The fourth-order valence-corrected chi connectivity index (χ4v) is 5.29. The van der Waals surface area contributed by atoms with Crippen LogP contribution in [-0.4, -0.2) is 28.6 Å². The third kappa shape index (κ3) is 6.14. The Bertz CT molecular complexity index is 1430. The Morgan fingerprint density at radius 2 is 1.48 bits per heavy atom. The van der Waals surface area contributed by atoms with Gasteiger partial charge in [0, 0.05) is 5.69 Å². The maximum atomic E-state index is 14.0. The number of carbonyl (C=O) groups is 3. The maximum Gasteiger partial charge on any atom is 0.329 e. The summed E-state index contributed by atoms with van der Waals surface area (Å²) in [4.78, 5) is 39.0. The largest absolute Gasteiger partial charge is 0.480 e. The highest BCUT2D eigenvalue weighted by atomic mass is 19.2. The van der Waals surface area contributed by atoms with Gasteiger partial charge in [-0.1, -0.05) is 49.6 Å². The predicted molar refractivity (Wildman–Crippen MR) is 150 cm³/mol. The maximum absolute atomic E-state index is 14.0. The highest BCUT2D eigenvalue weighted by Gasteiger charge is 2.43. The Balaban J connectivity index is 1.69. The van der Waals surface area contributed by atoms with E-state index in [-0.39, 0.29) is 17.2 Å². The molecule has 0 bridgehead atoms. The van der Waals surface area contributed by atoms with Gasteiger partial charge in [0.05, 0.1) is 11.3 Å². The summed E-state index contributed by atoms with van der Waals surface area (Å²) in [5.41, 5.74) is 1.66. The molecular formula is C31H33F2N3O4. The molecule has 4 N–H and O–H groups in total. The summed E-state index contributed by atoms with van der Waals surface area (Å²) in [7, 11) is 0. The second-order valence-electron chi connectivity index (χ2n) is 10.5. The molecule has 0 spiro atoms. The van der Waals surface area contributed by atoms with Crippen LogP contribution < -0.4 is 16.0 Å². The lowest BCUT2D eigenvalue weighted by atomic mass is 9.75. The SMILES string of the molecule is Cc1cccc(C)c1NC(=O)Nc1cc(-c2ccc(F)c(F)c2)ccc1C(=O)N[C@](C)(C(=O)O)C1CCCCC1. The Morgan fingerprint density at radius 3 is 2.10 bits per heavy atom. The molecule has 0 aromatic heterocycles. The summed E-state index contributed by atoms with van der Waals surface area (Å²) in [5, 5.41) is 18.3. The highest BCUT2D eigenvalue weighted by Crippen LogP contribution is 2.34. The summed E-state index contributed by atoms with van der Waals surface area (Å²) in [6.45, 7) is 5.21. The molecule has 40 heavy (non-hydrogen) atoms. The minimum absolute atomic E-state index is 0.0336. The zero-order valence-electron chi connectivity index (χ0n) is 22.7. The molecule has 3 amide bonds. The van der Waals surface area contributed by atoms with Gasteiger partial charge in [0.15, 0.2) is 11.6 Å². The van der Waals surface area contributed by atoms with Crippen molar-refractivity contribution in [2.24, 2.45) is 5.92 Å². The quantitative estimate of drug-likeness (QED) is 0.253. The molecule has 9 heteroatoms. The molecule has 3 aromatic carbocycles. The fraction of sp³-hybridized carbons (Fsp3) is 0.323. The first-order valence-corrected chi connectivity index (χ1v) is 13.3. The van der Waals surface area contributed by atoms with Crippen LogP contribution in [0, 0.1) is 31.4 Å². The van der Waals surface area contributed by atoms with Gasteiger partial charge in [-0.15, -0.1) is 0 Å². The van der Waals surface area contributed by atoms with Gasteiger partial charge in [0.1, 0.15) is 5.54 Å². The minimum atomic E-state index is -1.51. The second kappa shape index (κ2) is 11.9. The zero-order chi connectivity index (χ0) is 29.0. The van der Waals surface area contributed by atoms with E-state index in [0.29, 0.717) is 29.7 Å². The van der Waals surface area contributed by atoms with Crippen molar-refractivity contribution in [2.45, 2.75) is 58.4 Å². The van der Waals surface area contributed by atoms with Gasteiger partial charge in [-0.2, -0.15) is 0 Å². The van der Waals surface area contributed by atoms with Crippen molar-refractivity contribution in [3.8, 4) is 11.1 Å². The topological polar surface area (TPSA) is 108 Å². The van der Waals surface area contributed by atoms with Crippen molar-refractivity contribution in [1.29, 1.82) is 0 Å². The number of benzene rings is 3. The molecule has 3 aromatic rings. The molecule has 0 radical (unpaired) electrons. The number of anilines is 2. The van der Waals surface area contributed by atoms with E-state index in [2.05, 4.69) is 16.0 Å². The Kier molecular flexibility index (Phi) is 8.52. The second-order valence-corrected chi connectivity index (χ2v) is 10.5. The molecule has 0 saturated heterocycles. The number of carboxylic acids is 1. The Labute approximate surface area is 232 Å². The lowest BCUT2D eigenvalue weighted by Crippen LogP contribution is -2.57. The number of hydrogen-bond donors (Lipinski definition) is 4. The Hall–Kier alpha value is -4.27. The number of para-hydroxylation sites is 1. The standard InChI is InChI=1S/C31H33F2N3O4/c1-18-8-7-9-19(2)27(18)35-30(40)34-26-17-21(20-13-15-24(32)25(33)16-20)12-14-23(26)28(37)36-31(3,29(38)39)22-10-5-4-6-11-22/h7-9,12-17,22H,4-6,10-11H2,1-3H3,(H,36,37)(H,38,39)(H2,34,35,40)/t31-/m0/s1. The van der Waals surface area contributed by atoms with Crippen LogP contribution in [0.1, 0.15) is 60.5 Å². The molecule has 1 fully saturated rings. The number of halogens is 2. The van der Waals surface area contributed by atoms with Gasteiger partial charge >= 0.3 is 12.0 Å². The zero-order valence-corrected chi connectivity index (χ0v) is 22.7. The van der Waals surface area contributed by atoms with Gasteiger partial charge in [0.25, 0.3) is 5.91 Å². The molecule has 1 atom stereocenters. The molecular weight excluding hydrogens is 516 g/mol. The smallest absolute Gasteiger partial charge is 0.329 e. The van der Waals surface area contributed by atoms with Crippen molar-refractivity contribution in [3.05, 3.63) is 82.9 Å². The summed E-state index contributed by atoms with van der Waals surface area (Å²) >= 11 is 0. The number of aliphatic carboxylic acids is 1. The lowest BCUT2D eigenvalue weighted by molar-refractivity contribution is -0.146. The average Bonchev–Trinajstić information content (AvgIpc) is 2.92. The van der Waals surface area contributed by atoms with E-state index in [0.717, 1.165) is 42.5 Å². The van der Waals surface area contributed by atoms with Crippen molar-refractivity contribution in [3.63, 3.8) is 0 Å². The van der Waals surface area contributed by atoms with Gasteiger partial charge in [-0.3, -0.25) is 4.79 Å². The van der Waals surface area contributed by atoms with Crippen LogP contribution in [0.4, 0.5) is 25.0 Å². The van der Waals surface area contributed by atoms with Gasteiger partial charge in [0.2, 0.25) is 0 Å². The summed E-state index contributed by atoms with van der Waals surface area (Å²) in [5.74, 6) is -4.08. The van der Waals surface area contributed by atoms with Crippen LogP contribution in [0.5, 0.6) is 0 Å². The average molecular weight is 550 g/mol. The minimum Gasteiger partial charge on any atom is -0.480 e. The molecule has 0 unspecified atom stereocenters. The van der Waals surface area contributed by atoms with Crippen LogP contribution in [0.3, 0.4) is 0 Å². The highest BCUT2D eigenvalue weighted by molar-refractivity contribution is 6.08. The van der Waals surface area contributed by atoms with E-state index >= 15 is 0 Å². The molecule has 1 aliphatic carbocycles. The van der Waals surface area contributed by atoms with Crippen molar-refractivity contribution < 1.29 is 28.3 Å². The number of carbonyl (C=O) groups excluding carboxylic acids is 2.